The van der Waals surface area contributed by atoms with Gasteiger partial charge in [-0.2, -0.15) is 4.98 Å². The van der Waals surface area contributed by atoms with Crippen molar-refractivity contribution in [3.05, 3.63) is 21.8 Å². The number of rotatable bonds is 3. The van der Waals surface area contributed by atoms with Gasteiger partial charge in [-0.1, -0.05) is 19.0 Å². The Kier molecular flexibility index (Phi) is 3.41. The largest absolute Gasteiger partial charge is 0.337 e. The number of aromatic nitrogens is 2. The number of nitrogens with two attached hydrogens (primary N) is 1. The zero-order valence-corrected chi connectivity index (χ0v) is 11.4. The van der Waals surface area contributed by atoms with Gasteiger partial charge in [0.15, 0.2) is 0 Å². The highest BCUT2D eigenvalue weighted by atomic mass is 79.9. The molecule has 2 aromatic rings. The Hall–Kier alpha value is -0.720. The zero-order chi connectivity index (χ0) is 11.7. The highest BCUT2D eigenvalue weighted by molar-refractivity contribution is 9.11. The minimum absolute atomic E-state index is 0.204. The van der Waals surface area contributed by atoms with Gasteiger partial charge in [0.05, 0.1) is 14.7 Å². The number of halogens is 1. The number of hydrogen-bond acceptors (Lipinski definition) is 5. The van der Waals surface area contributed by atoms with Crippen molar-refractivity contribution in [3.8, 4) is 10.7 Å². The van der Waals surface area contributed by atoms with E-state index < -0.39 is 0 Å². The van der Waals surface area contributed by atoms with Gasteiger partial charge in [0.1, 0.15) is 0 Å². The second-order valence-electron chi connectivity index (χ2n) is 3.83. The smallest absolute Gasteiger partial charge is 0.244 e. The third-order valence-corrected chi connectivity index (χ3v) is 3.86. The Morgan fingerprint density at radius 3 is 2.75 bits per heavy atom. The van der Waals surface area contributed by atoms with Crippen molar-refractivity contribution in [2.45, 2.75) is 19.9 Å². The Bertz CT molecular complexity index is 480. The van der Waals surface area contributed by atoms with Gasteiger partial charge < -0.3 is 10.3 Å². The molecule has 0 fully saturated rings. The Morgan fingerprint density at radius 1 is 1.44 bits per heavy atom. The molecule has 0 aliphatic heterocycles. The molecule has 0 bridgehead atoms. The highest BCUT2D eigenvalue weighted by Gasteiger charge is 2.19. The SMILES string of the molecule is CC(C)[C@H](N)c1nc(-c2ccc(Br)s2)no1. The maximum atomic E-state index is 5.93. The highest BCUT2D eigenvalue weighted by Crippen LogP contribution is 2.30. The van der Waals surface area contributed by atoms with Crippen molar-refractivity contribution in [3.63, 3.8) is 0 Å². The molecule has 0 aromatic carbocycles. The van der Waals surface area contributed by atoms with Crippen molar-refractivity contribution >= 4 is 27.3 Å². The second-order valence-corrected chi connectivity index (χ2v) is 6.29. The Balaban J connectivity index is 2.26. The van der Waals surface area contributed by atoms with Crippen LogP contribution in [0.15, 0.2) is 20.4 Å². The van der Waals surface area contributed by atoms with Gasteiger partial charge in [0.2, 0.25) is 11.7 Å². The van der Waals surface area contributed by atoms with Crippen LogP contribution < -0.4 is 5.73 Å². The van der Waals surface area contributed by atoms with Crippen LogP contribution in [0.25, 0.3) is 10.7 Å². The predicted octanol–water partition coefficient (Wildman–Crippen LogP) is 3.22. The number of hydrogen-bond donors (Lipinski definition) is 1. The molecule has 0 radical (unpaired) electrons. The summed E-state index contributed by atoms with van der Waals surface area (Å²) in [7, 11) is 0. The average molecular weight is 302 g/mol. The molecule has 0 unspecified atom stereocenters. The lowest BCUT2D eigenvalue weighted by Gasteiger charge is -2.08. The minimum atomic E-state index is -0.204. The van der Waals surface area contributed by atoms with Crippen LogP contribution in [0.1, 0.15) is 25.8 Å². The van der Waals surface area contributed by atoms with E-state index in [2.05, 4.69) is 26.1 Å². The van der Waals surface area contributed by atoms with Gasteiger partial charge >= 0.3 is 0 Å². The lowest BCUT2D eigenvalue weighted by Crippen LogP contribution is -2.16. The van der Waals surface area contributed by atoms with E-state index in [1.54, 1.807) is 11.3 Å². The van der Waals surface area contributed by atoms with Crippen LogP contribution in [0.3, 0.4) is 0 Å². The van der Waals surface area contributed by atoms with E-state index in [0.29, 0.717) is 11.7 Å². The molecule has 0 aliphatic rings. The first-order valence-corrected chi connectivity index (χ1v) is 6.53. The van der Waals surface area contributed by atoms with Gasteiger partial charge in [-0.3, -0.25) is 0 Å². The maximum absolute atomic E-state index is 5.93. The van der Waals surface area contributed by atoms with Crippen LogP contribution in [-0.4, -0.2) is 10.1 Å². The summed E-state index contributed by atoms with van der Waals surface area (Å²) < 4.78 is 6.20. The monoisotopic (exact) mass is 301 g/mol. The van der Waals surface area contributed by atoms with Crippen LogP contribution in [-0.2, 0) is 0 Å². The molecule has 86 valence electrons. The fourth-order valence-corrected chi connectivity index (χ4v) is 2.50. The van der Waals surface area contributed by atoms with E-state index >= 15 is 0 Å². The van der Waals surface area contributed by atoms with E-state index in [4.69, 9.17) is 10.3 Å². The topological polar surface area (TPSA) is 64.9 Å². The van der Waals surface area contributed by atoms with E-state index in [-0.39, 0.29) is 12.0 Å². The van der Waals surface area contributed by atoms with E-state index in [9.17, 15) is 0 Å². The summed E-state index contributed by atoms with van der Waals surface area (Å²) >= 11 is 4.96. The molecular formula is C10H12BrN3OS. The van der Waals surface area contributed by atoms with Gasteiger partial charge in [-0.25, -0.2) is 0 Å². The summed E-state index contributed by atoms with van der Waals surface area (Å²) in [6, 6.07) is 3.70. The van der Waals surface area contributed by atoms with Crippen molar-refractivity contribution in [2.75, 3.05) is 0 Å². The van der Waals surface area contributed by atoms with Crippen LogP contribution in [0, 0.1) is 5.92 Å². The summed E-state index contributed by atoms with van der Waals surface area (Å²) in [5.41, 5.74) is 5.93. The minimum Gasteiger partial charge on any atom is -0.337 e. The summed E-state index contributed by atoms with van der Waals surface area (Å²) in [5.74, 6) is 1.37. The first-order valence-electron chi connectivity index (χ1n) is 4.93. The zero-order valence-electron chi connectivity index (χ0n) is 8.98. The molecule has 0 spiro atoms. The Labute approximate surface area is 106 Å². The molecule has 16 heavy (non-hydrogen) atoms. The quantitative estimate of drug-likeness (QED) is 0.945. The molecule has 0 saturated heterocycles. The van der Waals surface area contributed by atoms with Crippen molar-refractivity contribution in [2.24, 2.45) is 11.7 Å². The Morgan fingerprint density at radius 2 is 2.19 bits per heavy atom. The molecule has 2 N–H and O–H groups in total. The summed E-state index contributed by atoms with van der Waals surface area (Å²) in [6.45, 7) is 4.05. The van der Waals surface area contributed by atoms with Gasteiger partial charge in [0.25, 0.3) is 0 Å². The van der Waals surface area contributed by atoms with Gasteiger partial charge in [-0.05, 0) is 34.0 Å². The van der Waals surface area contributed by atoms with E-state index in [1.165, 1.54) is 0 Å². The normalized spacial score (nSPS) is 13.3. The average Bonchev–Trinajstić information content (AvgIpc) is 2.84. The van der Waals surface area contributed by atoms with Crippen LogP contribution >= 0.6 is 27.3 Å². The number of nitrogens with zero attached hydrogens (tertiary/aromatic N) is 2. The molecule has 2 aromatic heterocycles. The van der Waals surface area contributed by atoms with Crippen LogP contribution in [0.2, 0.25) is 0 Å². The molecule has 0 amide bonds. The standard InChI is InChI=1S/C10H12BrN3OS/c1-5(2)8(12)10-13-9(14-15-10)6-3-4-7(11)16-6/h3-5,8H,12H2,1-2H3/t8-/m0/s1. The predicted molar refractivity (Wildman–Crippen MR) is 67.1 cm³/mol. The maximum Gasteiger partial charge on any atom is 0.244 e. The van der Waals surface area contributed by atoms with Gasteiger partial charge in [0, 0.05) is 0 Å². The van der Waals surface area contributed by atoms with Crippen molar-refractivity contribution in [1.82, 2.24) is 10.1 Å². The third kappa shape index (κ3) is 2.34. The van der Waals surface area contributed by atoms with E-state index in [1.807, 2.05) is 26.0 Å². The number of thiophene rings is 1. The lowest BCUT2D eigenvalue weighted by atomic mass is 10.1. The molecule has 2 rings (SSSR count). The third-order valence-electron chi connectivity index (χ3n) is 2.24. The fraction of sp³-hybridized carbons (Fsp3) is 0.400. The molecule has 2 heterocycles. The van der Waals surface area contributed by atoms with Crippen molar-refractivity contribution in [1.29, 1.82) is 0 Å². The van der Waals surface area contributed by atoms with E-state index in [0.717, 1.165) is 8.66 Å². The first kappa shape index (κ1) is 11.8. The first-order chi connectivity index (χ1) is 7.58. The second kappa shape index (κ2) is 4.65. The fourth-order valence-electron chi connectivity index (χ4n) is 1.19. The molecule has 0 aliphatic carbocycles. The summed E-state index contributed by atoms with van der Waals surface area (Å²) in [4.78, 5) is 5.27. The summed E-state index contributed by atoms with van der Waals surface area (Å²) in [5, 5.41) is 3.93. The summed E-state index contributed by atoms with van der Waals surface area (Å²) in [6.07, 6.45) is 0. The molecule has 0 saturated carbocycles. The van der Waals surface area contributed by atoms with Crippen LogP contribution in [0.5, 0.6) is 0 Å². The van der Waals surface area contributed by atoms with Crippen LogP contribution in [0.4, 0.5) is 0 Å². The molecule has 4 nitrogen and oxygen atoms in total. The molecule has 6 heteroatoms. The molecule has 1 atom stereocenters. The van der Waals surface area contributed by atoms with Gasteiger partial charge in [-0.15, -0.1) is 11.3 Å². The lowest BCUT2D eigenvalue weighted by molar-refractivity contribution is 0.325. The molecular weight excluding hydrogens is 290 g/mol. The van der Waals surface area contributed by atoms with Crippen molar-refractivity contribution < 1.29 is 4.52 Å².